The highest BCUT2D eigenvalue weighted by Crippen LogP contribution is 2.24. The fraction of sp³-hybridized carbons (Fsp3) is 1.00. The van der Waals surface area contributed by atoms with Crippen molar-refractivity contribution in [3.63, 3.8) is 0 Å². The molecule has 1 nitrogen and oxygen atoms in total. The van der Waals surface area contributed by atoms with Gasteiger partial charge in [-0.1, -0.05) is 13.8 Å². The SMILES string of the molecule is CC(C)CSC(C)(C)CN. The molecule has 0 aliphatic rings. The van der Waals surface area contributed by atoms with E-state index in [2.05, 4.69) is 27.7 Å². The minimum atomic E-state index is 0.268. The Morgan fingerprint density at radius 3 is 2.20 bits per heavy atom. The molecule has 0 saturated heterocycles. The number of rotatable bonds is 4. The molecule has 0 rings (SSSR count). The predicted molar refractivity (Wildman–Crippen MR) is 50.4 cm³/mol. The number of hydrogen-bond donors (Lipinski definition) is 1. The lowest BCUT2D eigenvalue weighted by Crippen LogP contribution is -2.27. The monoisotopic (exact) mass is 161 g/mol. The van der Waals surface area contributed by atoms with Crippen molar-refractivity contribution in [3.05, 3.63) is 0 Å². The summed E-state index contributed by atoms with van der Waals surface area (Å²) < 4.78 is 0.268. The first-order chi connectivity index (χ1) is 4.48. The molecule has 0 aliphatic carbocycles. The van der Waals surface area contributed by atoms with Gasteiger partial charge in [0.1, 0.15) is 0 Å². The maximum Gasteiger partial charge on any atom is 0.0226 e. The van der Waals surface area contributed by atoms with E-state index in [0.29, 0.717) is 0 Å². The standard InChI is InChI=1S/C8H19NS/c1-7(2)5-10-8(3,4)6-9/h7H,5-6,9H2,1-4H3. The molecule has 0 aromatic carbocycles. The van der Waals surface area contributed by atoms with Crippen LogP contribution in [0.5, 0.6) is 0 Å². The van der Waals surface area contributed by atoms with Crippen molar-refractivity contribution in [2.45, 2.75) is 32.4 Å². The average molecular weight is 161 g/mol. The first-order valence-electron chi connectivity index (χ1n) is 3.82. The van der Waals surface area contributed by atoms with Gasteiger partial charge in [-0.3, -0.25) is 0 Å². The minimum Gasteiger partial charge on any atom is -0.329 e. The van der Waals surface area contributed by atoms with Crippen molar-refractivity contribution in [3.8, 4) is 0 Å². The third kappa shape index (κ3) is 5.12. The van der Waals surface area contributed by atoms with Crippen LogP contribution in [0.25, 0.3) is 0 Å². The van der Waals surface area contributed by atoms with Crippen LogP contribution in [0, 0.1) is 5.92 Å². The molecular formula is C8H19NS. The molecule has 0 bridgehead atoms. The Kier molecular flexibility index (Phi) is 4.37. The van der Waals surface area contributed by atoms with E-state index in [1.54, 1.807) is 0 Å². The summed E-state index contributed by atoms with van der Waals surface area (Å²) in [5.74, 6) is 1.99. The lowest BCUT2D eigenvalue weighted by molar-refractivity contribution is 0.701. The summed E-state index contributed by atoms with van der Waals surface area (Å²) in [6.45, 7) is 9.63. The zero-order chi connectivity index (χ0) is 8.20. The lowest BCUT2D eigenvalue weighted by atomic mass is 10.2. The Hall–Kier alpha value is 0.310. The van der Waals surface area contributed by atoms with Crippen LogP contribution in [-0.4, -0.2) is 17.0 Å². The van der Waals surface area contributed by atoms with Crippen molar-refractivity contribution >= 4 is 11.8 Å². The quantitative estimate of drug-likeness (QED) is 0.683. The fourth-order valence-corrected chi connectivity index (χ4v) is 1.35. The van der Waals surface area contributed by atoms with E-state index in [-0.39, 0.29) is 4.75 Å². The molecule has 0 amide bonds. The van der Waals surface area contributed by atoms with Crippen LogP contribution >= 0.6 is 11.8 Å². The highest BCUT2D eigenvalue weighted by atomic mass is 32.2. The first-order valence-corrected chi connectivity index (χ1v) is 4.80. The van der Waals surface area contributed by atoms with E-state index in [9.17, 15) is 0 Å². The van der Waals surface area contributed by atoms with E-state index >= 15 is 0 Å². The second-order valence-corrected chi connectivity index (χ2v) is 5.40. The molecule has 0 spiro atoms. The minimum absolute atomic E-state index is 0.268. The van der Waals surface area contributed by atoms with E-state index in [0.717, 1.165) is 12.5 Å². The summed E-state index contributed by atoms with van der Waals surface area (Å²) in [6.07, 6.45) is 0. The lowest BCUT2D eigenvalue weighted by Gasteiger charge is -2.22. The highest BCUT2D eigenvalue weighted by molar-refractivity contribution is 8.00. The van der Waals surface area contributed by atoms with Crippen molar-refractivity contribution < 1.29 is 0 Å². The summed E-state index contributed by atoms with van der Waals surface area (Å²) >= 11 is 1.96. The van der Waals surface area contributed by atoms with Crippen LogP contribution < -0.4 is 5.73 Å². The summed E-state index contributed by atoms with van der Waals surface area (Å²) in [5, 5.41) is 0. The average Bonchev–Trinajstić information content (AvgIpc) is 1.85. The Labute approximate surface area is 68.8 Å². The van der Waals surface area contributed by atoms with Crippen molar-refractivity contribution in [1.82, 2.24) is 0 Å². The summed E-state index contributed by atoms with van der Waals surface area (Å²) in [7, 11) is 0. The van der Waals surface area contributed by atoms with Crippen LogP contribution in [-0.2, 0) is 0 Å². The summed E-state index contributed by atoms with van der Waals surface area (Å²) in [4.78, 5) is 0. The molecule has 10 heavy (non-hydrogen) atoms. The molecule has 0 radical (unpaired) electrons. The van der Waals surface area contributed by atoms with Crippen molar-refractivity contribution in [1.29, 1.82) is 0 Å². The molecule has 0 aromatic rings. The van der Waals surface area contributed by atoms with Crippen LogP contribution in [0.4, 0.5) is 0 Å². The zero-order valence-electron chi connectivity index (χ0n) is 7.48. The molecule has 2 N–H and O–H groups in total. The molecule has 0 aromatic heterocycles. The molecule has 0 saturated carbocycles. The summed E-state index contributed by atoms with van der Waals surface area (Å²) in [6, 6.07) is 0. The van der Waals surface area contributed by atoms with Gasteiger partial charge < -0.3 is 5.73 Å². The van der Waals surface area contributed by atoms with Gasteiger partial charge in [-0.2, -0.15) is 11.8 Å². The normalized spacial score (nSPS) is 12.6. The molecule has 0 unspecified atom stereocenters. The van der Waals surface area contributed by atoms with Gasteiger partial charge in [-0.15, -0.1) is 0 Å². The topological polar surface area (TPSA) is 26.0 Å². The molecule has 2 heteroatoms. The number of thioether (sulfide) groups is 1. The van der Waals surface area contributed by atoms with Crippen molar-refractivity contribution in [2.75, 3.05) is 12.3 Å². The predicted octanol–water partition coefficient (Wildman–Crippen LogP) is 2.11. The highest BCUT2D eigenvalue weighted by Gasteiger charge is 2.15. The second kappa shape index (κ2) is 4.24. The Morgan fingerprint density at radius 1 is 1.40 bits per heavy atom. The number of hydrogen-bond acceptors (Lipinski definition) is 2. The summed E-state index contributed by atoms with van der Waals surface area (Å²) in [5.41, 5.74) is 5.57. The van der Waals surface area contributed by atoms with Crippen LogP contribution in [0.3, 0.4) is 0 Å². The van der Waals surface area contributed by atoms with Gasteiger partial charge in [0, 0.05) is 11.3 Å². The van der Waals surface area contributed by atoms with Gasteiger partial charge in [0.25, 0.3) is 0 Å². The van der Waals surface area contributed by atoms with Gasteiger partial charge in [0.15, 0.2) is 0 Å². The maximum absolute atomic E-state index is 5.57. The van der Waals surface area contributed by atoms with Crippen molar-refractivity contribution in [2.24, 2.45) is 11.7 Å². The van der Waals surface area contributed by atoms with Gasteiger partial charge in [0.2, 0.25) is 0 Å². The van der Waals surface area contributed by atoms with E-state index < -0.39 is 0 Å². The third-order valence-corrected chi connectivity index (χ3v) is 3.08. The Morgan fingerprint density at radius 2 is 1.90 bits per heavy atom. The van der Waals surface area contributed by atoms with E-state index in [1.807, 2.05) is 11.8 Å². The molecule has 0 heterocycles. The van der Waals surface area contributed by atoms with E-state index in [1.165, 1.54) is 5.75 Å². The Balaban J connectivity index is 3.46. The van der Waals surface area contributed by atoms with Gasteiger partial charge in [0.05, 0.1) is 0 Å². The molecule has 62 valence electrons. The van der Waals surface area contributed by atoms with Crippen LogP contribution in [0.2, 0.25) is 0 Å². The van der Waals surface area contributed by atoms with Gasteiger partial charge in [-0.05, 0) is 25.5 Å². The van der Waals surface area contributed by atoms with Crippen LogP contribution in [0.15, 0.2) is 0 Å². The van der Waals surface area contributed by atoms with Crippen LogP contribution in [0.1, 0.15) is 27.7 Å². The van der Waals surface area contributed by atoms with E-state index in [4.69, 9.17) is 5.73 Å². The zero-order valence-corrected chi connectivity index (χ0v) is 8.29. The maximum atomic E-state index is 5.57. The largest absolute Gasteiger partial charge is 0.329 e. The number of nitrogens with two attached hydrogens (primary N) is 1. The smallest absolute Gasteiger partial charge is 0.0226 e. The van der Waals surface area contributed by atoms with Gasteiger partial charge in [-0.25, -0.2) is 0 Å². The molecule has 0 fully saturated rings. The molecule has 0 atom stereocenters. The first kappa shape index (κ1) is 10.3. The second-order valence-electron chi connectivity index (χ2n) is 3.67. The fourth-order valence-electron chi connectivity index (χ4n) is 0.451. The molecule has 0 aliphatic heterocycles. The Bertz CT molecular complexity index is 89.3. The third-order valence-electron chi connectivity index (χ3n) is 1.30. The molecular weight excluding hydrogens is 142 g/mol. The van der Waals surface area contributed by atoms with Gasteiger partial charge >= 0.3 is 0 Å².